The number of Topliss-reactive ketones (excluding diaryl/α,β-unsaturated/α-hetero) is 3. The van der Waals surface area contributed by atoms with Gasteiger partial charge in [-0.25, -0.2) is 4.79 Å². The number of methoxy groups -OCH3 is 3. The van der Waals surface area contributed by atoms with E-state index in [9.17, 15) is 39.3 Å². The quantitative estimate of drug-likeness (QED) is 0.156. The Morgan fingerprint density at radius 2 is 1.57 bits per heavy atom. The third-order valence-corrected chi connectivity index (χ3v) is 14.5. The third kappa shape index (κ3) is 14.3. The number of ether oxygens (including phenoxy) is 5. The van der Waals surface area contributed by atoms with Crippen LogP contribution in [0, 0.1) is 35.5 Å². The summed E-state index contributed by atoms with van der Waals surface area (Å²) in [5, 5.41) is 33.8. The van der Waals surface area contributed by atoms with Crippen LogP contribution in [0.25, 0.3) is 0 Å². The van der Waals surface area contributed by atoms with E-state index in [4.69, 9.17) is 23.7 Å². The number of hydrogen-bond donors (Lipinski definition) is 3. The molecule has 14 nitrogen and oxygen atoms in total. The van der Waals surface area contributed by atoms with Crippen molar-refractivity contribution in [3.8, 4) is 0 Å². The fraction of sp³-hybridized carbons (Fsp3) is 0.745. The second-order valence-electron chi connectivity index (χ2n) is 19.6. The normalized spacial score (nSPS) is 40.4. The summed E-state index contributed by atoms with van der Waals surface area (Å²) in [6.45, 7) is 12.7. The standard InChI is InChI=1S/C51H79NO13/c1-30-16-12-11-13-17-31(2)42(61-8)28-38-21-19-36(7)51(60,65-38)48(57)49(58)52-23-15-14-18-39(52)50(59)64-43(33(4)26-37-20-22-40(53)44(27-37)62-9)29-41(54)32(3)25-35(6)46(56)47(63-10)45(55)34(5)24-30/h11-13,16-17,25,30,32-34,36-40,42-44,46-47,53,56,60H,14-15,18-24,26-29H2,1-10H3/b13-11+,16-12+,31-17+,35-25+/t30-,32-,33-,34-,36-,37-,38+,39+,40?,42+,43+,44-,46-,47?,51-/m1/s1. The van der Waals surface area contributed by atoms with Gasteiger partial charge in [-0.2, -0.15) is 0 Å². The van der Waals surface area contributed by atoms with Gasteiger partial charge in [0.1, 0.15) is 30.1 Å². The van der Waals surface area contributed by atoms with Gasteiger partial charge in [0.25, 0.3) is 11.7 Å². The number of cyclic esters (lactones) is 1. The number of ketones is 3. The first-order valence-electron chi connectivity index (χ1n) is 23.9. The predicted octanol–water partition coefficient (Wildman–Crippen LogP) is 6.18. The van der Waals surface area contributed by atoms with Crippen molar-refractivity contribution in [2.75, 3.05) is 27.9 Å². The maximum Gasteiger partial charge on any atom is 0.329 e. The van der Waals surface area contributed by atoms with Gasteiger partial charge in [0.2, 0.25) is 5.79 Å². The number of carbonyl (C=O) groups excluding carboxylic acids is 5. The van der Waals surface area contributed by atoms with E-state index in [1.54, 1.807) is 41.1 Å². The summed E-state index contributed by atoms with van der Waals surface area (Å²) in [6, 6.07) is -1.14. The first-order valence-corrected chi connectivity index (χ1v) is 23.9. The molecular weight excluding hydrogens is 835 g/mol. The van der Waals surface area contributed by atoms with Crippen molar-refractivity contribution in [2.45, 2.75) is 180 Å². The molecular formula is C51H79NO13. The molecule has 0 aromatic heterocycles. The summed E-state index contributed by atoms with van der Waals surface area (Å²) < 4.78 is 29.4. The number of fused-ring (bicyclic) bond motifs is 3. The summed E-state index contributed by atoms with van der Waals surface area (Å²) in [4.78, 5) is 71.8. The summed E-state index contributed by atoms with van der Waals surface area (Å²) in [5.74, 6) is -7.96. The van der Waals surface area contributed by atoms with Gasteiger partial charge in [0.05, 0.1) is 24.4 Å². The van der Waals surface area contributed by atoms with Crippen molar-refractivity contribution in [2.24, 2.45) is 35.5 Å². The molecule has 1 amide bonds. The van der Waals surface area contributed by atoms with Gasteiger partial charge in [-0.1, -0.05) is 71.1 Å². The number of rotatable bonds is 6. The highest BCUT2D eigenvalue weighted by molar-refractivity contribution is 6.39. The Kier molecular flexibility index (Phi) is 21.0. The molecule has 366 valence electrons. The van der Waals surface area contributed by atoms with E-state index in [1.807, 2.05) is 58.1 Å². The Morgan fingerprint density at radius 3 is 2.25 bits per heavy atom. The summed E-state index contributed by atoms with van der Waals surface area (Å²) in [7, 11) is 4.52. The Hall–Kier alpha value is -3.37. The molecule has 4 rings (SSSR count). The molecule has 3 heterocycles. The van der Waals surface area contributed by atoms with Gasteiger partial charge in [-0.05, 0) is 107 Å². The molecule has 2 unspecified atom stereocenters. The molecule has 1 saturated carbocycles. The van der Waals surface area contributed by atoms with Gasteiger partial charge >= 0.3 is 5.97 Å². The highest BCUT2D eigenvalue weighted by atomic mass is 16.6. The van der Waals surface area contributed by atoms with Crippen LogP contribution in [0.15, 0.2) is 47.6 Å². The molecule has 65 heavy (non-hydrogen) atoms. The molecule has 0 spiro atoms. The zero-order chi connectivity index (χ0) is 48.2. The fourth-order valence-corrected chi connectivity index (χ4v) is 10.1. The number of esters is 1. The summed E-state index contributed by atoms with van der Waals surface area (Å²) in [5.41, 5.74) is 1.27. The topological polar surface area (TPSA) is 195 Å². The van der Waals surface area contributed by atoms with Crippen molar-refractivity contribution >= 4 is 29.2 Å². The van der Waals surface area contributed by atoms with Crippen LogP contribution in [0.4, 0.5) is 0 Å². The van der Waals surface area contributed by atoms with Gasteiger partial charge in [-0.15, -0.1) is 0 Å². The molecule has 1 aliphatic carbocycles. The molecule has 4 aliphatic rings. The lowest BCUT2D eigenvalue weighted by Gasteiger charge is -2.42. The molecule has 15 atom stereocenters. The average Bonchev–Trinajstić information content (AvgIpc) is 3.28. The highest BCUT2D eigenvalue weighted by Crippen LogP contribution is 2.38. The van der Waals surface area contributed by atoms with Crippen LogP contribution in [-0.2, 0) is 47.7 Å². The molecule has 0 aromatic carbocycles. The number of nitrogens with zero attached hydrogens (tertiary/aromatic N) is 1. The second kappa shape index (κ2) is 25.1. The van der Waals surface area contributed by atoms with Crippen LogP contribution in [0.2, 0.25) is 0 Å². The molecule has 3 fully saturated rings. The minimum atomic E-state index is -2.43. The van der Waals surface area contributed by atoms with Crippen LogP contribution >= 0.6 is 0 Å². The Balaban J connectivity index is 1.70. The van der Waals surface area contributed by atoms with Crippen LogP contribution < -0.4 is 0 Å². The van der Waals surface area contributed by atoms with Crippen LogP contribution in [0.3, 0.4) is 0 Å². The monoisotopic (exact) mass is 914 g/mol. The van der Waals surface area contributed by atoms with E-state index in [-0.39, 0.29) is 54.8 Å². The van der Waals surface area contributed by atoms with Crippen LogP contribution in [0.1, 0.15) is 126 Å². The Morgan fingerprint density at radius 1 is 0.846 bits per heavy atom. The van der Waals surface area contributed by atoms with E-state index in [0.29, 0.717) is 63.4 Å². The molecule has 14 heteroatoms. The maximum atomic E-state index is 14.4. The van der Waals surface area contributed by atoms with E-state index in [0.717, 1.165) is 12.0 Å². The van der Waals surface area contributed by atoms with E-state index in [1.165, 1.54) is 12.0 Å². The second-order valence-corrected chi connectivity index (χ2v) is 19.6. The minimum absolute atomic E-state index is 0.0193. The van der Waals surface area contributed by atoms with Crippen molar-refractivity contribution < 1.29 is 63.0 Å². The highest BCUT2D eigenvalue weighted by Gasteiger charge is 2.53. The molecule has 0 radical (unpaired) electrons. The zero-order valence-electron chi connectivity index (χ0n) is 40.6. The van der Waals surface area contributed by atoms with Crippen LogP contribution in [0.5, 0.6) is 0 Å². The maximum absolute atomic E-state index is 14.4. The molecule has 2 bridgehead atoms. The Labute approximate surface area is 387 Å². The number of carbonyl (C=O) groups is 5. The molecule has 0 aromatic rings. The number of amides is 1. The lowest BCUT2D eigenvalue weighted by Crippen LogP contribution is -2.61. The van der Waals surface area contributed by atoms with E-state index >= 15 is 0 Å². The van der Waals surface area contributed by atoms with Crippen molar-refractivity contribution in [1.29, 1.82) is 0 Å². The zero-order valence-corrected chi connectivity index (χ0v) is 40.6. The van der Waals surface area contributed by atoms with E-state index < -0.39 is 83.9 Å². The van der Waals surface area contributed by atoms with Crippen molar-refractivity contribution in [3.05, 3.63) is 47.6 Å². The smallest absolute Gasteiger partial charge is 0.329 e. The minimum Gasteiger partial charge on any atom is -0.460 e. The number of piperidine rings is 1. The van der Waals surface area contributed by atoms with Gasteiger partial charge in [0, 0.05) is 58.5 Å². The first-order chi connectivity index (χ1) is 30.7. The van der Waals surface area contributed by atoms with Gasteiger partial charge in [-0.3, -0.25) is 19.2 Å². The Bertz CT molecular complexity index is 1760. The number of aliphatic hydroxyl groups excluding tert-OH is 2. The summed E-state index contributed by atoms with van der Waals surface area (Å²) in [6.07, 6.45) is 11.2. The van der Waals surface area contributed by atoms with Crippen molar-refractivity contribution in [3.63, 3.8) is 0 Å². The lowest BCUT2D eigenvalue weighted by molar-refractivity contribution is -0.265. The first kappa shape index (κ1) is 54.2. The number of hydrogen-bond acceptors (Lipinski definition) is 13. The summed E-state index contributed by atoms with van der Waals surface area (Å²) >= 11 is 0. The average molecular weight is 914 g/mol. The largest absolute Gasteiger partial charge is 0.460 e. The number of allylic oxidation sites excluding steroid dienone is 6. The fourth-order valence-electron chi connectivity index (χ4n) is 10.1. The van der Waals surface area contributed by atoms with Crippen LogP contribution in [-0.4, -0.2) is 132 Å². The molecule has 3 aliphatic heterocycles. The van der Waals surface area contributed by atoms with E-state index in [2.05, 4.69) is 0 Å². The molecule has 2 saturated heterocycles. The number of aliphatic hydroxyl groups is 3. The third-order valence-electron chi connectivity index (χ3n) is 14.5. The van der Waals surface area contributed by atoms with Gasteiger partial charge in [0.15, 0.2) is 5.78 Å². The SMILES string of the molecule is COC1C(=O)[C@H](C)C[C@H](C)/C=C/C=C/C=C(\C)[C@@H](OC)C[C@@H]2CC[C@@H](C)[C@@](O)(O2)C(=O)C(=O)N2CCCC[C@H]2C(=O)O[C@H]([C@H](C)C[C@H]2CCC(O)[C@H](OC)C2)CC(=O)[C@H](C)/C=C(\C)[C@H]1O. The van der Waals surface area contributed by atoms with Gasteiger partial charge < -0.3 is 43.9 Å². The molecule has 3 N–H and O–H groups in total. The van der Waals surface area contributed by atoms with Crippen molar-refractivity contribution in [1.82, 2.24) is 4.90 Å². The lowest BCUT2D eigenvalue weighted by atomic mass is 9.78. The predicted molar refractivity (Wildman–Crippen MR) is 245 cm³/mol.